The SMILES string of the molecule is Cn1c(=O)n(C2CCC(=O)NC2=O)c2cccc(C#CCO[C@@H]3CCN(C[C@H]4CC[C@H](n5cc(NC(=O)/C(C=N)=C6\N=C(N7CCS(=O)(=O)CC7)C=CN6)c(C(F)F)n5)CC4)C[C@@H]3F)c21. The van der Waals surface area contributed by atoms with Crippen molar-refractivity contribution >= 4 is 56.3 Å². The molecule has 1 saturated carbocycles. The number of imidazole rings is 1. The highest BCUT2D eigenvalue weighted by Gasteiger charge is 2.34. The predicted molar refractivity (Wildman–Crippen MR) is 234 cm³/mol. The number of amidine groups is 1. The highest BCUT2D eigenvalue weighted by atomic mass is 32.2. The van der Waals surface area contributed by atoms with Crippen molar-refractivity contribution in [2.24, 2.45) is 18.0 Å². The summed E-state index contributed by atoms with van der Waals surface area (Å²) < 4.78 is 77.9. The summed E-state index contributed by atoms with van der Waals surface area (Å²) in [5, 5.41) is 19.7. The minimum Gasteiger partial charge on any atom is -0.362 e. The van der Waals surface area contributed by atoms with Gasteiger partial charge in [-0.15, -0.1) is 0 Å². The number of hydrogen-bond acceptors (Lipinski definition) is 13. The van der Waals surface area contributed by atoms with E-state index in [1.807, 2.05) is 0 Å². The van der Waals surface area contributed by atoms with E-state index in [0.717, 1.165) is 19.1 Å². The van der Waals surface area contributed by atoms with Gasteiger partial charge in [0.25, 0.3) is 12.3 Å². The Bertz CT molecular complexity index is 2690. The molecule has 3 aromatic rings. The normalized spacial score (nSPS) is 25.6. The molecule has 3 saturated heterocycles. The second-order valence-corrected chi connectivity index (χ2v) is 19.2. The van der Waals surface area contributed by atoms with E-state index in [0.29, 0.717) is 54.8 Å². The van der Waals surface area contributed by atoms with E-state index < -0.39 is 57.8 Å². The summed E-state index contributed by atoms with van der Waals surface area (Å²) in [5.41, 5.74) is 0.213. The third-order valence-corrected chi connectivity index (χ3v) is 14.3. The van der Waals surface area contributed by atoms with Gasteiger partial charge in [0, 0.05) is 64.8 Å². The fourth-order valence-electron chi connectivity index (χ4n) is 9.22. The van der Waals surface area contributed by atoms with Crippen LogP contribution < -0.4 is 21.6 Å². The van der Waals surface area contributed by atoms with Crippen molar-refractivity contribution in [3.63, 3.8) is 0 Å². The number of halogens is 3. The number of likely N-dealkylation sites (tertiary alicyclic amines) is 1. The van der Waals surface area contributed by atoms with Crippen LogP contribution in [0.15, 0.2) is 57.9 Å². The Labute approximate surface area is 372 Å². The number of aliphatic imine (C=N–C) groups is 1. The second kappa shape index (κ2) is 19.2. The third-order valence-electron chi connectivity index (χ3n) is 12.7. The molecule has 4 fully saturated rings. The zero-order valence-electron chi connectivity index (χ0n) is 35.6. The molecule has 3 amide bonds. The van der Waals surface area contributed by atoms with Crippen molar-refractivity contribution in [3.8, 4) is 11.8 Å². The van der Waals surface area contributed by atoms with Gasteiger partial charge in [-0.05, 0) is 62.7 Å². The number of fused-ring (bicyclic) bond motifs is 1. The van der Waals surface area contributed by atoms with Gasteiger partial charge in [-0.1, -0.05) is 17.9 Å². The van der Waals surface area contributed by atoms with Gasteiger partial charge in [-0.3, -0.25) is 38.4 Å². The number of aromatic nitrogens is 4. The zero-order chi connectivity index (χ0) is 46.0. The lowest BCUT2D eigenvalue weighted by Gasteiger charge is -2.38. The largest absolute Gasteiger partial charge is 0.362 e. The Morgan fingerprint density at radius 3 is 2.57 bits per heavy atom. The van der Waals surface area contributed by atoms with Gasteiger partial charge in [0.05, 0.1) is 51.5 Å². The number of imide groups is 1. The second-order valence-electron chi connectivity index (χ2n) is 16.9. The lowest BCUT2D eigenvalue weighted by atomic mass is 9.85. The fraction of sp³-hybridized carbons (Fsp3) is 0.512. The first-order valence-electron chi connectivity index (χ1n) is 21.6. The van der Waals surface area contributed by atoms with Crippen molar-refractivity contribution < 1.29 is 40.7 Å². The van der Waals surface area contributed by atoms with Crippen LogP contribution in [-0.2, 0) is 36.0 Å². The molecule has 8 rings (SSSR count). The van der Waals surface area contributed by atoms with Crippen molar-refractivity contribution in [2.45, 2.75) is 75.7 Å². The van der Waals surface area contributed by atoms with Crippen molar-refractivity contribution in [2.75, 3.05) is 56.2 Å². The topological polar surface area (TPSA) is 218 Å². The summed E-state index contributed by atoms with van der Waals surface area (Å²) in [7, 11) is -1.54. The number of benzene rings is 1. The van der Waals surface area contributed by atoms with Crippen molar-refractivity contribution in [1.82, 2.24) is 39.3 Å². The highest BCUT2D eigenvalue weighted by Crippen LogP contribution is 2.36. The van der Waals surface area contributed by atoms with E-state index in [4.69, 9.17) is 10.1 Å². The minimum atomic E-state index is -3.14. The smallest absolute Gasteiger partial charge is 0.329 e. The van der Waals surface area contributed by atoms with Crippen LogP contribution >= 0.6 is 0 Å². The van der Waals surface area contributed by atoms with E-state index in [2.05, 4.69) is 42.8 Å². The molecule has 3 atom stereocenters. The summed E-state index contributed by atoms with van der Waals surface area (Å²) in [6, 6.07) is 4.21. The van der Waals surface area contributed by atoms with Gasteiger partial charge >= 0.3 is 5.69 Å². The van der Waals surface area contributed by atoms with Gasteiger partial charge in [0.1, 0.15) is 30.5 Å². The number of amides is 3. The number of nitrogens with zero attached hydrogens (tertiary/aromatic N) is 7. The summed E-state index contributed by atoms with van der Waals surface area (Å²) >= 11 is 0. The van der Waals surface area contributed by atoms with E-state index >= 15 is 4.39 Å². The maximum atomic E-state index is 15.5. The van der Waals surface area contributed by atoms with E-state index in [1.165, 1.54) is 26.2 Å². The van der Waals surface area contributed by atoms with Crippen LogP contribution in [0, 0.1) is 23.2 Å². The number of hydrogen-bond donors (Lipinski definition) is 4. The number of piperidine rings is 2. The quantitative estimate of drug-likeness (QED) is 0.100. The predicted octanol–water partition coefficient (Wildman–Crippen LogP) is 2.71. The number of ether oxygens (including phenoxy) is 1. The number of rotatable bonds is 10. The van der Waals surface area contributed by atoms with E-state index in [9.17, 15) is 36.4 Å². The minimum absolute atomic E-state index is 0.0112. The molecule has 22 heteroatoms. The summed E-state index contributed by atoms with van der Waals surface area (Å²) in [5.74, 6) is 4.85. The van der Waals surface area contributed by atoms with Crippen LogP contribution in [0.25, 0.3) is 11.0 Å². The number of sulfone groups is 1. The molecule has 1 aromatic carbocycles. The van der Waals surface area contributed by atoms with Gasteiger partial charge in [0.15, 0.2) is 15.5 Å². The average molecular weight is 922 g/mol. The van der Waals surface area contributed by atoms with Crippen LogP contribution in [0.3, 0.4) is 0 Å². The third kappa shape index (κ3) is 9.96. The van der Waals surface area contributed by atoms with Crippen molar-refractivity contribution in [3.05, 3.63) is 69.8 Å². The van der Waals surface area contributed by atoms with E-state index in [1.54, 1.807) is 36.2 Å². The molecular weight excluding hydrogens is 872 g/mol. The number of carbonyl (C=O) groups excluding carboxylic acids is 3. The van der Waals surface area contributed by atoms with Gasteiger partial charge in [0.2, 0.25) is 11.8 Å². The monoisotopic (exact) mass is 921 g/mol. The molecule has 4 N–H and O–H groups in total. The van der Waals surface area contributed by atoms with Crippen LogP contribution in [-0.4, -0.2) is 130 Å². The molecular formula is C43H50F3N11O7S. The molecule has 346 valence electrons. The van der Waals surface area contributed by atoms with Crippen molar-refractivity contribution in [1.29, 1.82) is 5.41 Å². The number of aryl methyl sites for hydroxylation is 1. The Hall–Kier alpha value is -6.05. The lowest BCUT2D eigenvalue weighted by Crippen LogP contribution is -2.47. The highest BCUT2D eigenvalue weighted by molar-refractivity contribution is 7.91. The molecule has 65 heavy (non-hydrogen) atoms. The maximum Gasteiger partial charge on any atom is 0.329 e. The molecule has 4 aliphatic heterocycles. The maximum absolute atomic E-state index is 15.5. The first kappa shape index (κ1) is 45.5. The molecule has 18 nitrogen and oxygen atoms in total. The van der Waals surface area contributed by atoms with Gasteiger partial charge < -0.3 is 25.7 Å². The van der Waals surface area contributed by atoms with Crippen LogP contribution in [0.1, 0.15) is 74.7 Å². The van der Waals surface area contributed by atoms with Gasteiger partial charge in [-0.2, -0.15) is 5.10 Å². The molecule has 0 spiro atoms. The van der Waals surface area contributed by atoms with E-state index in [-0.39, 0.29) is 85.5 Å². The standard InChI is InChI=1S/C43H50F3N11O7S/c1-53-38-27(4-2-6-32(38)57(43(53)61)33-11-12-36(58)51-42(33)60)5-3-19-64-34-14-16-54(24-30(34)44)23-26-7-9-28(10-8-26)56-25-31(37(52-56)39(45)46)49-41(59)29(22-47)40-48-15-13-35(50-40)55-17-20-65(62,63)21-18-55/h2,4,6,13,15,22,25-26,28,30,33-34,39,47-48H,7-12,14,16-21,23-24H2,1H3,(H,49,59)(H,51,58,60)/b40-29-,47-22?/t26-,28-,30-,33?,34+/m0/s1. The first-order valence-corrected chi connectivity index (χ1v) is 23.4. The number of nitrogens with one attached hydrogen (secondary N) is 4. The summed E-state index contributed by atoms with van der Waals surface area (Å²) in [4.78, 5) is 59.1. The molecule has 5 aliphatic rings. The van der Waals surface area contributed by atoms with Crippen LogP contribution in [0.5, 0.6) is 0 Å². The molecule has 0 radical (unpaired) electrons. The molecule has 2 aromatic heterocycles. The average Bonchev–Trinajstić information content (AvgIpc) is 3.81. The summed E-state index contributed by atoms with van der Waals surface area (Å²) in [6.07, 6.45) is 4.05. The molecule has 1 unspecified atom stereocenters. The number of anilines is 1. The van der Waals surface area contributed by atoms with Crippen LogP contribution in [0.2, 0.25) is 0 Å². The Balaban J connectivity index is 0.821. The zero-order valence-corrected chi connectivity index (χ0v) is 36.5. The Morgan fingerprint density at radius 2 is 1.86 bits per heavy atom. The molecule has 0 bridgehead atoms. The first-order chi connectivity index (χ1) is 31.2. The number of alkyl halides is 3. The Kier molecular flexibility index (Phi) is 13.4. The fourth-order valence-corrected chi connectivity index (χ4v) is 10.4. The Morgan fingerprint density at radius 1 is 1.09 bits per heavy atom. The number of carbonyl (C=O) groups is 3. The summed E-state index contributed by atoms with van der Waals surface area (Å²) in [6.45, 7) is 1.91. The van der Waals surface area contributed by atoms with Gasteiger partial charge in [-0.25, -0.2) is 31.4 Å². The molecule has 6 heterocycles. The molecule has 1 aliphatic carbocycles. The van der Waals surface area contributed by atoms with Crippen LogP contribution in [0.4, 0.5) is 18.9 Å². The lowest BCUT2D eigenvalue weighted by molar-refractivity contribution is -0.135. The number of para-hydroxylation sites is 1.